The molecule has 1 aliphatic heterocycles. The standard InChI is InChI=1S/C16H17FN2OS.C2H2O4/c17-14-4-1-3-13(11-14)12-18-6-8-19(9-7-18)16(20)15-5-2-10-21-15;3-1(4)2(5)6/h1-5,10-11H,6-9,12H2;(H,3,4)(H,5,6). The average molecular weight is 394 g/mol. The highest BCUT2D eigenvalue weighted by Crippen LogP contribution is 2.15. The van der Waals surface area contributed by atoms with E-state index in [1.807, 2.05) is 28.5 Å². The Morgan fingerprint density at radius 1 is 1.00 bits per heavy atom. The first-order valence-corrected chi connectivity index (χ1v) is 9.00. The minimum atomic E-state index is -1.82. The summed E-state index contributed by atoms with van der Waals surface area (Å²) in [5.74, 6) is -3.72. The summed E-state index contributed by atoms with van der Waals surface area (Å²) in [6.45, 7) is 3.85. The lowest BCUT2D eigenvalue weighted by Gasteiger charge is -2.34. The fourth-order valence-corrected chi connectivity index (χ4v) is 3.25. The van der Waals surface area contributed by atoms with Crippen LogP contribution in [0.3, 0.4) is 0 Å². The van der Waals surface area contributed by atoms with Gasteiger partial charge in [-0.15, -0.1) is 11.3 Å². The Bertz CT molecular complexity index is 777. The third-order valence-electron chi connectivity index (χ3n) is 3.87. The monoisotopic (exact) mass is 394 g/mol. The van der Waals surface area contributed by atoms with E-state index < -0.39 is 11.9 Å². The SMILES string of the molecule is O=C(O)C(=O)O.O=C(c1cccs1)N1CCN(Cc2cccc(F)c2)CC1. The molecule has 9 heteroatoms. The second kappa shape index (κ2) is 9.79. The molecular formula is C18H19FN2O5S. The summed E-state index contributed by atoms with van der Waals surface area (Å²) < 4.78 is 13.2. The summed E-state index contributed by atoms with van der Waals surface area (Å²) in [4.78, 5) is 35.4. The first-order valence-electron chi connectivity index (χ1n) is 8.12. The highest BCUT2D eigenvalue weighted by atomic mass is 32.1. The zero-order valence-electron chi connectivity index (χ0n) is 14.4. The number of benzene rings is 1. The van der Waals surface area contributed by atoms with Gasteiger partial charge in [-0.3, -0.25) is 9.69 Å². The number of carbonyl (C=O) groups excluding carboxylic acids is 1. The number of hydrogen-bond acceptors (Lipinski definition) is 5. The van der Waals surface area contributed by atoms with Crippen molar-refractivity contribution >= 4 is 29.2 Å². The molecule has 3 rings (SSSR count). The van der Waals surface area contributed by atoms with Gasteiger partial charge < -0.3 is 15.1 Å². The fraction of sp³-hybridized carbons (Fsp3) is 0.278. The van der Waals surface area contributed by atoms with E-state index in [4.69, 9.17) is 19.8 Å². The lowest BCUT2D eigenvalue weighted by atomic mass is 10.2. The highest BCUT2D eigenvalue weighted by molar-refractivity contribution is 7.12. The number of nitrogens with zero attached hydrogens (tertiary/aromatic N) is 2. The number of halogens is 1. The molecule has 2 N–H and O–H groups in total. The van der Waals surface area contributed by atoms with Crippen LogP contribution >= 0.6 is 11.3 Å². The first-order chi connectivity index (χ1) is 12.9. The second-order valence-corrected chi connectivity index (χ2v) is 6.73. The van der Waals surface area contributed by atoms with Gasteiger partial charge in [0.2, 0.25) is 0 Å². The van der Waals surface area contributed by atoms with E-state index in [1.54, 1.807) is 12.1 Å². The van der Waals surface area contributed by atoms with Crippen LogP contribution in [-0.2, 0) is 16.1 Å². The fourth-order valence-electron chi connectivity index (χ4n) is 2.56. The number of carboxylic acid groups (broad SMARTS) is 2. The maximum absolute atomic E-state index is 13.2. The quantitative estimate of drug-likeness (QED) is 0.773. The van der Waals surface area contributed by atoms with Crippen LogP contribution in [0.1, 0.15) is 15.2 Å². The molecule has 7 nitrogen and oxygen atoms in total. The van der Waals surface area contributed by atoms with Gasteiger partial charge in [-0.2, -0.15) is 0 Å². The van der Waals surface area contributed by atoms with Crippen LogP contribution < -0.4 is 0 Å². The van der Waals surface area contributed by atoms with E-state index in [0.29, 0.717) is 0 Å². The molecule has 1 aromatic heterocycles. The molecule has 0 saturated carbocycles. The Morgan fingerprint density at radius 3 is 2.19 bits per heavy atom. The van der Waals surface area contributed by atoms with E-state index in [2.05, 4.69) is 4.90 Å². The molecule has 0 atom stereocenters. The van der Waals surface area contributed by atoms with Crippen molar-refractivity contribution in [3.63, 3.8) is 0 Å². The Hall–Kier alpha value is -2.78. The van der Waals surface area contributed by atoms with Gasteiger partial charge in [0.1, 0.15) is 5.82 Å². The number of rotatable bonds is 3. The number of piperazine rings is 1. The maximum atomic E-state index is 13.2. The second-order valence-electron chi connectivity index (χ2n) is 5.79. The van der Waals surface area contributed by atoms with Crippen LogP contribution in [0.5, 0.6) is 0 Å². The van der Waals surface area contributed by atoms with Crippen LogP contribution in [-0.4, -0.2) is 64.0 Å². The molecule has 2 aromatic rings. The summed E-state index contributed by atoms with van der Waals surface area (Å²) in [6.07, 6.45) is 0. The Kier molecular flexibility index (Phi) is 7.44. The summed E-state index contributed by atoms with van der Waals surface area (Å²) in [6, 6.07) is 10.5. The minimum Gasteiger partial charge on any atom is -0.473 e. The molecule has 1 amide bonds. The van der Waals surface area contributed by atoms with E-state index in [-0.39, 0.29) is 11.7 Å². The van der Waals surface area contributed by atoms with E-state index >= 15 is 0 Å². The molecule has 0 aliphatic carbocycles. The highest BCUT2D eigenvalue weighted by Gasteiger charge is 2.22. The van der Waals surface area contributed by atoms with Crippen molar-refractivity contribution in [1.29, 1.82) is 0 Å². The number of carboxylic acids is 2. The lowest BCUT2D eigenvalue weighted by Crippen LogP contribution is -2.48. The van der Waals surface area contributed by atoms with Crippen molar-refractivity contribution in [2.45, 2.75) is 6.54 Å². The number of thiophene rings is 1. The maximum Gasteiger partial charge on any atom is 0.414 e. The molecule has 144 valence electrons. The minimum absolute atomic E-state index is 0.121. The summed E-state index contributed by atoms with van der Waals surface area (Å²) in [7, 11) is 0. The average Bonchev–Trinajstić information content (AvgIpc) is 3.17. The van der Waals surface area contributed by atoms with Crippen molar-refractivity contribution in [3.05, 3.63) is 58.0 Å². The lowest BCUT2D eigenvalue weighted by molar-refractivity contribution is -0.159. The smallest absolute Gasteiger partial charge is 0.414 e. The van der Waals surface area contributed by atoms with Crippen molar-refractivity contribution in [3.8, 4) is 0 Å². The molecule has 27 heavy (non-hydrogen) atoms. The van der Waals surface area contributed by atoms with Crippen molar-refractivity contribution in [2.75, 3.05) is 26.2 Å². The predicted molar refractivity (Wildman–Crippen MR) is 97.2 cm³/mol. The number of amides is 1. The van der Waals surface area contributed by atoms with E-state index in [0.717, 1.165) is 43.2 Å². The van der Waals surface area contributed by atoms with Gasteiger partial charge in [0.25, 0.3) is 5.91 Å². The van der Waals surface area contributed by atoms with Gasteiger partial charge in [0.15, 0.2) is 0 Å². The van der Waals surface area contributed by atoms with Crippen LogP contribution in [0.2, 0.25) is 0 Å². The van der Waals surface area contributed by atoms with Gasteiger partial charge in [-0.25, -0.2) is 14.0 Å². The Balaban J connectivity index is 0.000000380. The van der Waals surface area contributed by atoms with Gasteiger partial charge in [0, 0.05) is 32.7 Å². The number of hydrogen-bond donors (Lipinski definition) is 2. The molecule has 1 aromatic carbocycles. The van der Waals surface area contributed by atoms with Crippen LogP contribution in [0.25, 0.3) is 0 Å². The summed E-state index contributed by atoms with van der Waals surface area (Å²) >= 11 is 1.48. The van der Waals surface area contributed by atoms with Crippen molar-refractivity contribution in [2.24, 2.45) is 0 Å². The number of aliphatic carboxylic acids is 2. The third kappa shape index (κ3) is 6.46. The van der Waals surface area contributed by atoms with Gasteiger partial charge >= 0.3 is 11.9 Å². The Morgan fingerprint density at radius 2 is 1.67 bits per heavy atom. The van der Waals surface area contributed by atoms with E-state index in [9.17, 15) is 9.18 Å². The predicted octanol–water partition coefficient (Wildman–Crippen LogP) is 2.00. The van der Waals surface area contributed by atoms with Gasteiger partial charge in [0.05, 0.1) is 4.88 Å². The zero-order chi connectivity index (χ0) is 19.8. The van der Waals surface area contributed by atoms with Crippen LogP contribution in [0, 0.1) is 5.82 Å². The molecule has 0 bridgehead atoms. The molecule has 2 heterocycles. The molecule has 1 saturated heterocycles. The van der Waals surface area contributed by atoms with Crippen LogP contribution in [0.4, 0.5) is 4.39 Å². The summed E-state index contributed by atoms with van der Waals surface area (Å²) in [5, 5.41) is 16.7. The molecule has 1 aliphatic rings. The molecule has 0 spiro atoms. The largest absolute Gasteiger partial charge is 0.473 e. The molecule has 1 fully saturated rings. The van der Waals surface area contributed by atoms with Gasteiger partial charge in [-0.1, -0.05) is 18.2 Å². The topological polar surface area (TPSA) is 98.1 Å². The third-order valence-corrected chi connectivity index (χ3v) is 4.73. The normalized spacial score (nSPS) is 14.2. The Labute approximate surface area is 159 Å². The van der Waals surface area contributed by atoms with E-state index in [1.165, 1.54) is 17.4 Å². The molecule has 0 unspecified atom stereocenters. The number of carbonyl (C=O) groups is 3. The molecular weight excluding hydrogens is 375 g/mol. The van der Waals surface area contributed by atoms with Crippen molar-refractivity contribution < 1.29 is 29.0 Å². The summed E-state index contributed by atoms with van der Waals surface area (Å²) in [5.41, 5.74) is 0.980. The van der Waals surface area contributed by atoms with Gasteiger partial charge in [-0.05, 0) is 29.1 Å². The van der Waals surface area contributed by atoms with Crippen LogP contribution in [0.15, 0.2) is 41.8 Å². The first kappa shape index (κ1) is 20.5. The van der Waals surface area contributed by atoms with Crippen molar-refractivity contribution in [1.82, 2.24) is 9.80 Å². The zero-order valence-corrected chi connectivity index (χ0v) is 15.2. The molecule has 0 radical (unpaired) electrons.